The summed E-state index contributed by atoms with van der Waals surface area (Å²) in [6.07, 6.45) is 0.435. The lowest BCUT2D eigenvalue weighted by atomic mass is 10.2. The van der Waals surface area contributed by atoms with Crippen LogP contribution in [0, 0.1) is 0 Å². The third kappa shape index (κ3) is 4.50. The number of sulfonamides is 1. The van der Waals surface area contributed by atoms with E-state index in [2.05, 4.69) is 10.0 Å². The first-order valence-corrected chi connectivity index (χ1v) is 7.86. The van der Waals surface area contributed by atoms with Crippen LogP contribution in [0.1, 0.15) is 27.2 Å². The van der Waals surface area contributed by atoms with Gasteiger partial charge in [0, 0.05) is 11.7 Å². The van der Waals surface area contributed by atoms with Crippen molar-refractivity contribution in [1.82, 2.24) is 4.72 Å². The molecule has 1 rings (SSSR count). The molecule has 0 aromatic heterocycles. The van der Waals surface area contributed by atoms with Crippen molar-refractivity contribution in [3.63, 3.8) is 0 Å². The molecule has 6 nitrogen and oxygen atoms in total. The molecule has 0 spiro atoms. The van der Waals surface area contributed by atoms with Crippen molar-refractivity contribution in [3.05, 3.63) is 24.3 Å². The SMILES string of the molecule is CCC(Nc1ccc(S(=O)(=O)NC(C)C)cc1)C(=O)O. The van der Waals surface area contributed by atoms with Gasteiger partial charge in [0.05, 0.1) is 4.90 Å². The summed E-state index contributed by atoms with van der Waals surface area (Å²) in [5.41, 5.74) is 0.572. The van der Waals surface area contributed by atoms with Crippen LogP contribution in [0.4, 0.5) is 5.69 Å². The Morgan fingerprint density at radius 1 is 1.25 bits per heavy atom. The number of carbonyl (C=O) groups is 1. The Balaban J connectivity index is 2.86. The van der Waals surface area contributed by atoms with Crippen LogP contribution in [0.15, 0.2) is 29.2 Å². The van der Waals surface area contributed by atoms with E-state index in [1.807, 2.05) is 0 Å². The van der Waals surface area contributed by atoms with Crippen molar-refractivity contribution < 1.29 is 18.3 Å². The molecule has 0 aliphatic heterocycles. The monoisotopic (exact) mass is 300 g/mol. The van der Waals surface area contributed by atoms with Gasteiger partial charge in [-0.1, -0.05) is 6.92 Å². The molecule has 20 heavy (non-hydrogen) atoms. The van der Waals surface area contributed by atoms with Gasteiger partial charge in [-0.2, -0.15) is 0 Å². The average Bonchev–Trinajstić information content (AvgIpc) is 2.34. The van der Waals surface area contributed by atoms with Crippen LogP contribution in [-0.2, 0) is 14.8 Å². The number of carboxylic acid groups (broad SMARTS) is 1. The summed E-state index contributed by atoms with van der Waals surface area (Å²) in [5.74, 6) is -0.939. The third-order valence-corrected chi connectivity index (χ3v) is 4.28. The van der Waals surface area contributed by atoms with Gasteiger partial charge >= 0.3 is 5.97 Å². The molecule has 112 valence electrons. The van der Waals surface area contributed by atoms with Gasteiger partial charge in [-0.3, -0.25) is 0 Å². The lowest BCUT2D eigenvalue weighted by molar-refractivity contribution is -0.137. The summed E-state index contributed by atoms with van der Waals surface area (Å²) in [6.45, 7) is 5.25. The molecule has 0 saturated heterocycles. The molecule has 0 bridgehead atoms. The number of hydrogen-bond acceptors (Lipinski definition) is 4. The first kappa shape index (κ1) is 16.5. The molecule has 0 fully saturated rings. The maximum Gasteiger partial charge on any atom is 0.326 e. The Kier molecular flexibility index (Phi) is 5.52. The predicted octanol–water partition coefficient (Wildman–Crippen LogP) is 1.65. The predicted molar refractivity (Wildman–Crippen MR) is 77.2 cm³/mol. The maximum absolute atomic E-state index is 11.9. The van der Waals surface area contributed by atoms with Gasteiger partial charge < -0.3 is 10.4 Å². The molecule has 3 N–H and O–H groups in total. The van der Waals surface area contributed by atoms with Crippen LogP contribution in [0.25, 0.3) is 0 Å². The minimum Gasteiger partial charge on any atom is -0.480 e. The Bertz CT molecular complexity index is 552. The summed E-state index contributed by atoms with van der Waals surface area (Å²) in [6, 6.07) is 5.13. The van der Waals surface area contributed by atoms with Crippen molar-refractivity contribution in [1.29, 1.82) is 0 Å². The van der Waals surface area contributed by atoms with E-state index in [0.717, 1.165) is 0 Å². The van der Waals surface area contributed by atoms with Crippen molar-refractivity contribution in [2.75, 3.05) is 5.32 Å². The topological polar surface area (TPSA) is 95.5 Å². The van der Waals surface area contributed by atoms with Crippen molar-refractivity contribution in [2.24, 2.45) is 0 Å². The molecule has 0 saturated carbocycles. The molecule has 0 aliphatic carbocycles. The fourth-order valence-corrected chi connectivity index (χ4v) is 2.90. The van der Waals surface area contributed by atoms with Crippen LogP contribution in [-0.4, -0.2) is 31.6 Å². The van der Waals surface area contributed by atoms with E-state index in [1.165, 1.54) is 12.1 Å². The van der Waals surface area contributed by atoms with Gasteiger partial charge in [-0.25, -0.2) is 17.9 Å². The fourth-order valence-electron chi connectivity index (χ4n) is 1.65. The highest BCUT2D eigenvalue weighted by Crippen LogP contribution is 2.15. The van der Waals surface area contributed by atoms with Gasteiger partial charge in [0.1, 0.15) is 6.04 Å². The van der Waals surface area contributed by atoms with Gasteiger partial charge in [0.15, 0.2) is 0 Å². The minimum atomic E-state index is -3.52. The summed E-state index contributed by atoms with van der Waals surface area (Å²) in [4.78, 5) is 11.1. The van der Waals surface area contributed by atoms with Gasteiger partial charge in [0.25, 0.3) is 0 Å². The zero-order valence-corrected chi connectivity index (χ0v) is 12.6. The Labute approximate surface area is 119 Å². The molecule has 7 heteroatoms. The minimum absolute atomic E-state index is 0.153. The van der Waals surface area contributed by atoms with E-state index >= 15 is 0 Å². The summed E-state index contributed by atoms with van der Waals surface area (Å²) < 4.78 is 26.3. The van der Waals surface area contributed by atoms with Crippen LogP contribution >= 0.6 is 0 Å². The van der Waals surface area contributed by atoms with E-state index in [9.17, 15) is 13.2 Å². The maximum atomic E-state index is 11.9. The van der Waals surface area contributed by atoms with Gasteiger partial charge in [-0.05, 0) is 44.5 Å². The van der Waals surface area contributed by atoms with Crippen LogP contribution in [0.5, 0.6) is 0 Å². The van der Waals surface area contributed by atoms with Gasteiger partial charge in [-0.15, -0.1) is 0 Å². The van der Waals surface area contributed by atoms with Crippen molar-refractivity contribution >= 4 is 21.7 Å². The molecule has 0 radical (unpaired) electrons. The van der Waals surface area contributed by atoms with E-state index in [-0.39, 0.29) is 10.9 Å². The van der Waals surface area contributed by atoms with E-state index < -0.39 is 22.0 Å². The largest absolute Gasteiger partial charge is 0.480 e. The smallest absolute Gasteiger partial charge is 0.326 e. The number of anilines is 1. The second-order valence-electron chi connectivity index (χ2n) is 4.74. The normalized spacial score (nSPS) is 13.2. The zero-order chi connectivity index (χ0) is 15.3. The molecule has 0 amide bonds. The molecule has 0 aliphatic rings. The number of hydrogen-bond donors (Lipinski definition) is 3. The van der Waals surface area contributed by atoms with Crippen molar-refractivity contribution in [2.45, 2.75) is 44.2 Å². The second-order valence-corrected chi connectivity index (χ2v) is 6.46. The Hall–Kier alpha value is -1.60. The molecule has 1 aromatic carbocycles. The number of rotatable bonds is 7. The van der Waals surface area contributed by atoms with Crippen molar-refractivity contribution in [3.8, 4) is 0 Å². The Morgan fingerprint density at radius 2 is 1.80 bits per heavy atom. The molecule has 1 aromatic rings. The molecular weight excluding hydrogens is 280 g/mol. The van der Waals surface area contributed by atoms with E-state index in [1.54, 1.807) is 32.9 Å². The summed E-state index contributed by atoms with van der Waals surface area (Å²) in [7, 11) is -3.52. The highest BCUT2D eigenvalue weighted by atomic mass is 32.2. The first-order chi connectivity index (χ1) is 9.26. The average molecular weight is 300 g/mol. The summed E-state index contributed by atoms with van der Waals surface area (Å²) in [5, 5.41) is 11.8. The van der Waals surface area contributed by atoms with Crippen LogP contribution in [0.3, 0.4) is 0 Å². The number of benzene rings is 1. The number of nitrogens with one attached hydrogen (secondary N) is 2. The standard InChI is InChI=1S/C13H20N2O4S/c1-4-12(13(16)17)14-10-5-7-11(8-6-10)20(18,19)15-9(2)3/h5-9,12,14-15H,4H2,1-3H3,(H,16,17). The quantitative estimate of drug-likeness (QED) is 0.711. The molecule has 1 atom stereocenters. The van der Waals surface area contributed by atoms with Crippen LogP contribution in [0.2, 0.25) is 0 Å². The van der Waals surface area contributed by atoms with E-state index in [0.29, 0.717) is 12.1 Å². The highest BCUT2D eigenvalue weighted by molar-refractivity contribution is 7.89. The number of aliphatic carboxylic acids is 1. The first-order valence-electron chi connectivity index (χ1n) is 6.38. The lowest BCUT2D eigenvalue weighted by Gasteiger charge is -2.14. The Morgan fingerprint density at radius 3 is 2.20 bits per heavy atom. The molecule has 0 heterocycles. The fraction of sp³-hybridized carbons (Fsp3) is 0.462. The second kappa shape index (κ2) is 6.71. The lowest BCUT2D eigenvalue weighted by Crippen LogP contribution is -2.30. The third-order valence-electron chi connectivity index (χ3n) is 2.60. The van der Waals surface area contributed by atoms with Gasteiger partial charge in [0.2, 0.25) is 10.0 Å². The highest BCUT2D eigenvalue weighted by Gasteiger charge is 2.17. The van der Waals surface area contributed by atoms with E-state index in [4.69, 9.17) is 5.11 Å². The zero-order valence-electron chi connectivity index (χ0n) is 11.8. The summed E-state index contributed by atoms with van der Waals surface area (Å²) >= 11 is 0. The molecule has 1 unspecified atom stereocenters. The number of carboxylic acids is 1. The van der Waals surface area contributed by atoms with Crippen LogP contribution < -0.4 is 10.0 Å². The molecular formula is C13H20N2O4S.